The highest BCUT2D eigenvalue weighted by atomic mass is 32.2. The van der Waals surface area contributed by atoms with E-state index in [0.29, 0.717) is 27.3 Å². The average Bonchev–Trinajstić information content (AvgIpc) is 3.11. The number of nitrogen functional groups attached to an aromatic ring is 1. The third-order valence-corrected chi connectivity index (χ3v) is 7.06. The number of fused-ring (bicyclic) bond motifs is 1. The van der Waals surface area contributed by atoms with Crippen LogP contribution >= 0.6 is 11.3 Å². The highest BCUT2D eigenvalue weighted by Gasteiger charge is 2.33. The summed E-state index contributed by atoms with van der Waals surface area (Å²) < 4.78 is 64.3. The zero-order valence-corrected chi connectivity index (χ0v) is 19.1. The number of hydrogen-bond acceptors (Lipinski definition) is 7. The van der Waals surface area contributed by atoms with Gasteiger partial charge in [0.05, 0.1) is 15.1 Å². The van der Waals surface area contributed by atoms with E-state index in [1.807, 2.05) is 6.07 Å². The Morgan fingerprint density at radius 2 is 1.73 bits per heavy atom. The second-order valence-electron chi connectivity index (χ2n) is 7.53. The number of benzene rings is 2. The van der Waals surface area contributed by atoms with Gasteiger partial charge in [-0.05, 0) is 54.4 Å². The maximum Gasteiger partial charge on any atom is 0.433 e. The van der Waals surface area contributed by atoms with Crippen LogP contribution in [0.5, 0.6) is 0 Å². The number of nitrogens with one attached hydrogen (secondary N) is 1. The number of sulfone groups is 1. The van der Waals surface area contributed by atoms with Crippen molar-refractivity contribution in [1.29, 1.82) is 0 Å². The number of thiazole rings is 1. The maximum absolute atomic E-state index is 13.4. The van der Waals surface area contributed by atoms with E-state index >= 15 is 0 Å². The van der Waals surface area contributed by atoms with E-state index in [4.69, 9.17) is 5.73 Å². The molecular weight excluding hydrogens is 473 g/mol. The average molecular weight is 493 g/mol. The van der Waals surface area contributed by atoms with E-state index < -0.39 is 27.7 Å². The molecule has 0 saturated carbocycles. The molecule has 0 aliphatic rings. The van der Waals surface area contributed by atoms with Gasteiger partial charge in [-0.3, -0.25) is 0 Å². The van der Waals surface area contributed by atoms with Crippen molar-refractivity contribution in [3.63, 3.8) is 0 Å². The minimum absolute atomic E-state index is 0.0482. The number of rotatable bonds is 5. The van der Waals surface area contributed by atoms with Crippen LogP contribution in [0.3, 0.4) is 0 Å². The van der Waals surface area contributed by atoms with Gasteiger partial charge < -0.3 is 11.1 Å². The Kier molecular flexibility index (Phi) is 5.79. The number of hydrogen-bond donors (Lipinski definition) is 2. The number of pyridine rings is 1. The molecular formula is C22H19F3N4O2S2. The first-order valence-corrected chi connectivity index (χ1v) is 12.4. The lowest BCUT2D eigenvalue weighted by molar-refractivity contribution is -0.141. The van der Waals surface area contributed by atoms with Gasteiger partial charge >= 0.3 is 6.18 Å². The molecule has 11 heteroatoms. The molecule has 0 bridgehead atoms. The van der Waals surface area contributed by atoms with Crippen molar-refractivity contribution in [3.8, 4) is 11.1 Å². The quantitative estimate of drug-likeness (QED) is 0.380. The summed E-state index contributed by atoms with van der Waals surface area (Å²) in [4.78, 5) is 8.26. The van der Waals surface area contributed by atoms with Crippen molar-refractivity contribution in [1.82, 2.24) is 9.97 Å². The Morgan fingerprint density at radius 3 is 2.36 bits per heavy atom. The summed E-state index contributed by atoms with van der Waals surface area (Å²) >= 11 is 1.32. The Bertz CT molecular complexity index is 1430. The molecule has 0 spiro atoms. The van der Waals surface area contributed by atoms with Gasteiger partial charge in [0.25, 0.3) is 0 Å². The summed E-state index contributed by atoms with van der Waals surface area (Å²) in [5, 5.41) is 3.45. The fraction of sp³-hybridized carbons (Fsp3) is 0.182. The summed E-state index contributed by atoms with van der Waals surface area (Å²) in [5.41, 5.74) is 7.18. The molecule has 33 heavy (non-hydrogen) atoms. The normalized spacial score (nSPS) is 13.2. The standard InChI is InChI=1S/C22H19F3N4O2S2/c1-12(13-3-6-15(7-4-13)33(2,30)31)27-20-16(8-10-19(29-20)22(23,24)25)14-5-9-18-17(11-14)28-21(26)32-18/h3-12H,1-2H3,(H2,26,28)(H,27,29). The summed E-state index contributed by atoms with van der Waals surface area (Å²) in [6.07, 6.45) is -3.50. The van der Waals surface area contributed by atoms with E-state index in [-0.39, 0.29) is 10.7 Å². The Balaban J connectivity index is 1.74. The topological polar surface area (TPSA) is 98.0 Å². The molecule has 1 atom stereocenters. The first-order valence-electron chi connectivity index (χ1n) is 9.73. The molecule has 2 aromatic carbocycles. The number of aromatic nitrogens is 2. The number of anilines is 2. The van der Waals surface area contributed by atoms with Crippen molar-refractivity contribution < 1.29 is 21.6 Å². The van der Waals surface area contributed by atoms with Crippen LogP contribution in [-0.4, -0.2) is 24.6 Å². The van der Waals surface area contributed by atoms with E-state index in [9.17, 15) is 21.6 Å². The molecule has 0 aliphatic carbocycles. The van der Waals surface area contributed by atoms with Gasteiger partial charge in [-0.15, -0.1) is 0 Å². The molecule has 0 aliphatic heterocycles. The third-order valence-electron chi connectivity index (χ3n) is 5.06. The van der Waals surface area contributed by atoms with Crippen LogP contribution in [0.1, 0.15) is 24.2 Å². The highest BCUT2D eigenvalue weighted by Crippen LogP contribution is 2.36. The minimum Gasteiger partial charge on any atom is -0.375 e. The summed E-state index contributed by atoms with van der Waals surface area (Å²) in [6.45, 7) is 1.76. The summed E-state index contributed by atoms with van der Waals surface area (Å²) in [5.74, 6) is 0.0482. The molecule has 2 aromatic heterocycles. The van der Waals surface area contributed by atoms with Crippen LogP contribution in [0.25, 0.3) is 21.3 Å². The molecule has 3 N–H and O–H groups in total. The van der Waals surface area contributed by atoms with Crippen molar-refractivity contribution in [2.24, 2.45) is 0 Å². The van der Waals surface area contributed by atoms with Crippen LogP contribution < -0.4 is 11.1 Å². The minimum atomic E-state index is -4.61. The van der Waals surface area contributed by atoms with Gasteiger partial charge in [-0.25, -0.2) is 18.4 Å². The van der Waals surface area contributed by atoms with Crippen LogP contribution in [-0.2, 0) is 16.0 Å². The summed E-state index contributed by atoms with van der Waals surface area (Å²) in [7, 11) is -3.36. The van der Waals surface area contributed by atoms with Gasteiger partial charge in [0.1, 0.15) is 11.5 Å². The molecule has 6 nitrogen and oxygen atoms in total. The van der Waals surface area contributed by atoms with Crippen molar-refractivity contribution in [2.45, 2.75) is 24.0 Å². The molecule has 4 aromatic rings. The second kappa shape index (κ2) is 8.31. The Labute approximate surface area is 192 Å². The lowest BCUT2D eigenvalue weighted by atomic mass is 10.0. The largest absolute Gasteiger partial charge is 0.433 e. The van der Waals surface area contributed by atoms with Gasteiger partial charge in [0, 0.05) is 17.9 Å². The number of alkyl halides is 3. The van der Waals surface area contributed by atoms with Crippen LogP contribution in [0.4, 0.5) is 24.1 Å². The smallest absolute Gasteiger partial charge is 0.375 e. The maximum atomic E-state index is 13.4. The summed E-state index contributed by atoms with van der Waals surface area (Å²) in [6, 6.07) is 13.4. The van der Waals surface area contributed by atoms with E-state index in [0.717, 1.165) is 17.0 Å². The fourth-order valence-corrected chi connectivity index (χ4v) is 4.71. The first-order chi connectivity index (χ1) is 15.4. The van der Waals surface area contributed by atoms with Gasteiger partial charge in [-0.2, -0.15) is 13.2 Å². The first kappa shape index (κ1) is 23.0. The molecule has 0 fully saturated rings. The number of nitrogens with two attached hydrogens (primary N) is 1. The zero-order chi connectivity index (χ0) is 24.0. The van der Waals surface area contributed by atoms with E-state index in [2.05, 4.69) is 15.3 Å². The second-order valence-corrected chi connectivity index (χ2v) is 10.6. The van der Waals surface area contributed by atoms with Gasteiger partial charge in [0.2, 0.25) is 0 Å². The van der Waals surface area contributed by atoms with Crippen molar-refractivity contribution >= 4 is 42.3 Å². The number of nitrogens with zero attached hydrogens (tertiary/aromatic N) is 2. The predicted molar refractivity (Wildman–Crippen MR) is 124 cm³/mol. The Morgan fingerprint density at radius 1 is 1.03 bits per heavy atom. The predicted octanol–water partition coefficient (Wildman–Crippen LogP) is 5.54. The third kappa shape index (κ3) is 4.93. The van der Waals surface area contributed by atoms with Gasteiger partial charge in [-0.1, -0.05) is 29.5 Å². The molecule has 1 unspecified atom stereocenters. The SMILES string of the molecule is CC(Nc1nc(C(F)(F)F)ccc1-c1ccc2sc(N)nc2c1)c1ccc(S(C)(=O)=O)cc1. The fourth-order valence-electron chi connectivity index (χ4n) is 3.36. The molecule has 2 heterocycles. The van der Waals surface area contributed by atoms with Crippen LogP contribution in [0.15, 0.2) is 59.5 Å². The van der Waals surface area contributed by atoms with E-state index in [1.165, 1.54) is 29.5 Å². The zero-order valence-electron chi connectivity index (χ0n) is 17.5. The van der Waals surface area contributed by atoms with Gasteiger partial charge in [0.15, 0.2) is 15.0 Å². The van der Waals surface area contributed by atoms with Crippen LogP contribution in [0.2, 0.25) is 0 Å². The highest BCUT2D eigenvalue weighted by molar-refractivity contribution is 7.90. The molecule has 4 rings (SSSR count). The number of halogens is 3. The monoisotopic (exact) mass is 492 g/mol. The van der Waals surface area contributed by atoms with Crippen molar-refractivity contribution in [2.75, 3.05) is 17.3 Å². The molecule has 0 amide bonds. The molecule has 0 saturated heterocycles. The lowest BCUT2D eigenvalue weighted by Crippen LogP contribution is -2.13. The van der Waals surface area contributed by atoms with E-state index in [1.54, 1.807) is 31.2 Å². The van der Waals surface area contributed by atoms with Crippen molar-refractivity contribution in [3.05, 3.63) is 65.9 Å². The lowest BCUT2D eigenvalue weighted by Gasteiger charge is -2.19. The van der Waals surface area contributed by atoms with Crippen LogP contribution in [0, 0.1) is 0 Å². The molecule has 172 valence electrons. The molecule has 0 radical (unpaired) electrons. The Hall–Kier alpha value is -3.18.